The van der Waals surface area contributed by atoms with Crippen LogP contribution in [0.25, 0.3) is 11.3 Å². The van der Waals surface area contributed by atoms with Crippen LogP contribution in [0.2, 0.25) is 5.02 Å². The second-order valence-corrected chi connectivity index (χ2v) is 10.1. The molecular formula is C28H29ClN6O5. The molecule has 0 spiro atoms. The number of aromatic nitrogens is 2. The molecule has 3 amide bonds. The molecule has 0 radical (unpaired) electrons. The van der Waals surface area contributed by atoms with Gasteiger partial charge in [-0.1, -0.05) is 54.1 Å². The molecule has 2 aromatic carbocycles. The van der Waals surface area contributed by atoms with E-state index in [4.69, 9.17) is 21.4 Å². The van der Waals surface area contributed by atoms with Gasteiger partial charge >= 0.3 is 6.09 Å². The first-order valence-corrected chi connectivity index (χ1v) is 13.4. The van der Waals surface area contributed by atoms with E-state index in [9.17, 15) is 14.4 Å². The highest BCUT2D eigenvalue weighted by Gasteiger charge is 2.30. The number of amides is 3. The maximum atomic E-state index is 13.3. The third-order valence-electron chi connectivity index (χ3n) is 6.89. The first-order chi connectivity index (χ1) is 19.4. The van der Waals surface area contributed by atoms with Crippen LogP contribution < -0.4 is 16.0 Å². The molecule has 11 nitrogen and oxygen atoms in total. The van der Waals surface area contributed by atoms with Crippen LogP contribution in [0.5, 0.6) is 0 Å². The summed E-state index contributed by atoms with van der Waals surface area (Å²) in [5.74, 6) is -0.218. The van der Waals surface area contributed by atoms with E-state index in [2.05, 4.69) is 25.9 Å². The van der Waals surface area contributed by atoms with E-state index in [1.54, 1.807) is 36.5 Å². The first kappa shape index (κ1) is 27.4. The third kappa shape index (κ3) is 6.49. The van der Waals surface area contributed by atoms with Crippen molar-refractivity contribution >= 4 is 35.5 Å². The van der Waals surface area contributed by atoms with E-state index in [1.165, 1.54) is 4.90 Å². The minimum absolute atomic E-state index is 0.00627. The van der Waals surface area contributed by atoms with Gasteiger partial charge < -0.3 is 30.7 Å². The molecule has 2 aliphatic heterocycles. The van der Waals surface area contributed by atoms with Gasteiger partial charge in [-0.3, -0.25) is 9.59 Å². The van der Waals surface area contributed by atoms with Gasteiger partial charge in [-0.05, 0) is 30.0 Å². The topological polar surface area (TPSA) is 146 Å². The molecule has 1 unspecified atom stereocenters. The number of rotatable bonds is 9. The molecule has 1 fully saturated rings. The summed E-state index contributed by atoms with van der Waals surface area (Å²) < 4.78 is 5.41. The molecule has 3 aromatic rings. The van der Waals surface area contributed by atoms with E-state index in [0.29, 0.717) is 41.0 Å². The molecule has 1 saturated heterocycles. The fourth-order valence-electron chi connectivity index (χ4n) is 4.84. The van der Waals surface area contributed by atoms with Crippen molar-refractivity contribution in [2.75, 3.05) is 31.6 Å². The summed E-state index contributed by atoms with van der Waals surface area (Å²) >= 11 is 6.44. The third-order valence-corrected chi connectivity index (χ3v) is 7.17. The highest BCUT2D eigenvalue weighted by atomic mass is 35.5. The predicted molar refractivity (Wildman–Crippen MR) is 148 cm³/mol. The number of nitrogens with one attached hydrogen (secondary N) is 3. The van der Waals surface area contributed by atoms with Crippen molar-refractivity contribution in [3.05, 3.63) is 76.4 Å². The molecule has 3 heterocycles. The Hall–Kier alpha value is -4.22. The number of hydrogen-bond acceptors (Lipinski definition) is 7. The molecule has 0 aliphatic carbocycles. The minimum atomic E-state index is -1.19. The molecular weight excluding hydrogens is 536 g/mol. The second kappa shape index (κ2) is 12.3. The van der Waals surface area contributed by atoms with E-state index in [0.717, 1.165) is 24.0 Å². The van der Waals surface area contributed by atoms with Gasteiger partial charge in [0.2, 0.25) is 11.9 Å². The lowest BCUT2D eigenvalue weighted by molar-refractivity contribution is -0.122. The number of benzene rings is 2. The quantitative estimate of drug-likeness (QED) is 0.309. The molecule has 0 bridgehead atoms. The molecule has 1 atom stereocenters. The van der Waals surface area contributed by atoms with Crippen LogP contribution in [0.4, 0.5) is 10.7 Å². The average Bonchev–Trinajstić information content (AvgIpc) is 3.27. The Bertz CT molecular complexity index is 1400. The SMILES string of the molecule is O=C(O)NCC(NC(=O)CN1Cc2ccc(-c3nc(NC4CCOCC4)ncc3Cl)cc2C1=O)c1ccccc1. The Labute approximate surface area is 235 Å². The number of anilines is 1. The van der Waals surface area contributed by atoms with Crippen molar-refractivity contribution in [1.82, 2.24) is 25.5 Å². The monoisotopic (exact) mass is 564 g/mol. The van der Waals surface area contributed by atoms with E-state index in [-0.39, 0.29) is 31.6 Å². The lowest BCUT2D eigenvalue weighted by Crippen LogP contribution is -2.42. The molecule has 0 saturated carbocycles. The maximum absolute atomic E-state index is 13.3. The van der Waals surface area contributed by atoms with Gasteiger partial charge in [-0.25, -0.2) is 14.8 Å². The van der Waals surface area contributed by atoms with Crippen LogP contribution in [0.15, 0.2) is 54.7 Å². The van der Waals surface area contributed by atoms with Crippen LogP contribution in [0, 0.1) is 0 Å². The van der Waals surface area contributed by atoms with Gasteiger partial charge in [0.1, 0.15) is 6.54 Å². The number of fused-ring (bicyclic) bond motifs is 1. The van der Waals surface area contributed by atoms with Crippen molar-refractivity contribution in [2.45, 2.75) is 31.5 Å². The number of ether oxygens (including phenoxy) is 1. The Balaban J connectivity index is 1.27. The summed E-state index contributed by atoms with van der Waals surface area (Å²) in [6.45, 7) is 1.47. The summed E-state index contributed by atoms with van der Waals surface area (Å²) in [5.41, 5.74) is 3.20. The fourth-order valence-corrected chi connectivity index (χ4v) is 5.04. The molecule has 2 aliphatic rings. The van der Waals surface area contributed by atoms with Crippen molar-refractivity contribution in [3.8, 4) is 11.3 Å². The summed E-state index contributed by atoms with van der Waals surface area (Å²) in [6.07, 6.45) is 2.08. The van der Waals surface area contributed by atoms with Crippen LogP contribution in [0.3, 0.4) is 0 Å². The Morgan fingerprint density at radius 3 is 2.67 bits per heavy atom. The van der Waals surface area contributed by atoms with Gasteiger partial charge in [-0.2, -0.15) is 0 Å². The largest absolute Gasteiger partial charge is 0.465 e. The van der Waals surface area contributed by atoms with Crippen molar-refractivity contribution in [2.24, 2.45) is 0 Å². The van der Waals surface area contributed by atoms with Gasteiger partial charge in [0.05, 0.1) is 23.0 Å². The fraction of sp³-hybridized carbons (Fsp3) is 0.321. The molecule has 5 rings (SSSR count). The van der Waals surface area contributed by atoms with Crippen LogP contribution in [-0.4, -0.2) is 70.2 Å². The first-order valence-electron chi connectivity index (χ1n) is 13.0. The highest BCUT2D eigenvalue weighted by molar-refractivity contribution is 6.33. The lowest BCUT2D eigenvalue weighted by Gasteiger charge is -2.23. The number of halogens is 1. The number of nitrogens with zero attached hydrogens (tertiary/aromatic N) is 3. The average molecular weight is 565 g/mol. The van der Waals surface area contributed by atoms with Crippen LogP contribution in [0.1, 0.15) is 40.4 Å². The highest BCUT2D eigenvalue weighted by Crippen LogP contribution is 2.31. The molecule has 40 heavy (non-hydrogen) atoms. The zero-order chi connectivity index (χ0) is 28.1. The normalized spacial score (nSPS) is 15.8. The maximum Gasteiger partial charge on any atom is 0.404 e. The summed E-state index contributed by atoms with van der Waals surface area (Å²) in [4.78, 5) is 47.6. The zero-order valence-electron chi connectivity index (χ0n) is 21.6. The van der Waals surface area contributed by atoms with E-state index in [1.807, 2.05) is 18.2 Å². The van der Waals surface area contributed by atoms with Gasteiger partial charge in [-0.15, -0.1) is 0 Å². The van der Waals surface area contributed by atoms with E-state index < -0.39 is 18.0 Å². The number of hydrogen-bond donors (Lipinski definition) is 4. The second-order valence-electron chi connectivity index (χ2n) is 9.67. The zero-order valence-corrected chi connectivity index (χ0v) is 22.4. The number of carbonyl (C=O) groups is 3. The minimum Gasteiger partial charge on any atom is -0.465 e. The smallest absolute Gasteiger partial charge is 0.404 e. The standard InChI is InChI=1S/C28H29ClN6O5/c29-22-13-30-27(32-20-8-10-40-11-9-20)34-25(22)18-6-7-19-15-35(26(37)21(19)12-18)16-24(36)33-23(14-31-28(38)39)17-4-2-1-3-5-17/h1-7,12-13,20,23,31H,8-11,14-16H2,(H,33,36)(H,38,39)(H,30,32,34). The van der Waals surface area contributed by atoms with E-state index >= 15 is 0 Å². The summed E-state index contributed by atoms with van der Waals surface area (Å²) in [7, 11) is 0. The Morgan fingerprint density at radius 1 is 1.15 bits per heavy atom. The van der Waals surface area contributed by atoms with Gasteiger partial charge in [0.15, 0.2) is 0 Å². The summed E-state index contributed by atoms with van der Waals surface area (Å²) in [6, 6.07) is 14.1. The number of carbonyl (C=O) groups excluding carboxylic acids is 2. The Kier molecular flexibility index (Phi) is 8.42. The number of carboxylic acid groups (broad SMARTS) is 1. The van der Waals surface area contributed by atoms with Crippen molar-refractivity contribution < 1.29 is 24.2 Å². The molecule has 12 heteroatoms. The lowest BCUT2D eigenvalue weighted by atomic mass is 10.0. The summed E-state index contributed by atoms with van der Waals surface area (Å²) in [5, 5.41) is 17.9. The van der Waals surface area contributed by atoms with Crippen molar-refractivity contribution in [1.29, 1.82) is 0 Å². The van der Waals surface area contributed by atoms with Crippen molar-refractivity contribution in [3.63, 3.8) is 0 Å². The Morgan fingerprint density at radius 2 is 1.93 bits per heavy atom. The van der Waals surface area contributed by atoms with Gasteiger partial charge in [0, 0.05) is 43.5 Å². The van der Waals surface area contributed by atoms with Crippen LogP contribution in [-0.2, 0) is 16.1 Å². The molecule has 4 N–H and O–H groups in total. The molecule has 208 valence electrons. The molecule has 1 aromatic heterocycles. The van der Waals surface area contributed by atoms with Crippen LogP contribution >= 0.6 is 11.6 Å². The predicted octanol–water partition coefficient (Wildman–Crippen LogP) is 3.47. The van der Waals surface area contributed by atoms with Gasteiger partial charge in [0.25, 0.3) is 5.91 Å².